The highest BCUT2D eigenvalue weighted by Gasteiger charge is 2.12. The molecule has 0 aliphatic carbocycles. The van der Waals surface area contributed by atoms with Crippen molar-refractivity contribution in [2.24, 2.45) is 0 Å². The molecule has 0 spiro atoms. The Labute approximate surface area is 137 Å². The number of rotatable bonds is 6. The third-order valence-electron chi connectivity index (χ3n) is 4.26. The number of piperidine rings is 1. The van der Waals surface area contributed by atoms with Crippen LogP contribution in [0.15, 0.2) is 36.7 Å². The van der Waals surface area contributed by atoms with E-state index in [0.29, 0.717) is 0 Å². The molecule has 1 fully saturated rings. The maximum atomic E-state index is 9.06. The number of hydrogen-bond acceptors (Lipinski definition) is 5. The van der Waals surface area contributed by atoms with E-state index in [1.807, 2.05) is 18.2 Å². The number of hydrogen-bond donors (Lipinski definition) is 2. The molecule has 0 saturated carbocycles. The third-order valence-corrected chi connectivity index (χ3v) is 4.26. The number of benzene rings is 1. The summed E-state index contributed by atoms with van der Waals surface area (Å²) in [5.41, 5.74) is 2.20. The van der Waals surface area contributed by atoms with Crippen LogP contribution in [0.3, 0.4) is 0 Å². The Morgan fingerprint density at radius 1 is 1.00 bits per heavy atom. The third kappa shape index (κ3) is 4.42. The predicted molar refractivity (Wildman–Crippen MR) is 92.7 cm³/mol. The lowest BCUT2D eigenvalue weighted by Crippen LogP contribution is -2.30. The minimum Gasteiger partial charge on any atom is -0.392 e. The summed E-state index contributed by atoms with van der Waals surface area (Å²) < 4.78 is 0. The van der Waals surface area contributed by atoms with Gasteiger partial charge in [0, 0.05) is 25.7 Å². The Hall–Kier alpha value is -2.14. The molecule has 2 heterocycles. The fourth-order valence-electron chi connectivity index (χ4n) is 2.89. The Balaban J connectivity index is 1.53. The van der Waals surface area contributed by atoms with Crippen molar-refractivity contribution >= 4 is 11.6 Å². The van der Waals surface area contributed by atoms with Crippen LogP contribution < -0.4 is 10.2 Å². The summed E-state index contributed by atoms with van der Waals surface area (Å²) in [6.45, 7) is 3.11. The number of nitrogens with one attached hydrogen (secondary N) is 1. The second-order valence-corrected chi connectivity index (χ2v) is 5.96. The van der Waals surface area contributed by atoms with Crippen molar-refractivity contribution in [2.75, 3.05) is 29.9 Å². The lowest BCUT2D eigenvalue weighted by Gasteiger charge is -2.27. The summed E-state index contributed by atoms with van der Waals surface area (Å²) in [6, 6.07) is 10.1. The first kappa shape index (κ1) is 15.7. The summed E-state index contributed by atoms with van der Waals surface area (Å²) in [4.78, 5) is 11.0. The van der Waals surface area contributed by atoms with E-state index in [2.05, 4.69) is 32.3 Å². The molecule has 2 N–H and O–H groups in total. The Kier molecular flexibility index (Phi) is 5.42. The summed E-state index contributed by atoms with van der Waals surface area (Å²) >= 11 is 0. The van der Waals surface area contributed by atoms with Crippen LogP contribution in [0.2, 0.25) is 0 Å². The second kappa shape index (κ2) is 7.92. The maximum Gasteiger partial charge on any atom is 0.134 e. The van der Waals surface area contributed by atoms with Gasteiger partial charge in [-0.2, -0.15) is 0 Å². The van der Waals surface area contributed by atoms with Gasteiger partial charge >= 0.3 is 0 Å². The van der Waals surface area contributed by atoms with Gasteiger partial charge in [-0.15, -0.1) is 0 Å². The van der Waals surface area contributed by atoms with Gasteiger partial charge in [0.2, 0.25) is 0 Å². The molecule has 23 heavy (non-hydrogen) atoms. The molecule has 0 radical (unpaired) electrons. The summed E-state index contributed by atoms with van der Waals surface area (Å²) in [5, 5.41) is 12.4. The smallest absolute Gasteiger partial charge is 0.134 e. The van der Waals surface area contributed by atoms with Crippen molar-refractivity contribution in [1.82, 2.24) is 9.97 Å². The predicted octanol–water partition coefficient (Wildman–Crippen LogP) is 2.61. The molecular formula is C18H24N4O. The molecule has 1 aliphatic heterocycles. The molecule has 122 valence electrons. The van der Waals surface area contributed by atoms with E-state index in [-0.39, 0.29) is 6.61 Å². The maximum absolute atomic E-state index is 9.06. The zero-order valence-electron chi connectivity index (χ0n) is 13.4. The topological polar surface area (TPSA) is 61.3 Å². The van der Waals surface area contributed by atoms with Gasteiger partial charge in [-0.1, -0.05) is 24.3 Å². The van der Waals surface area contributed by atoms with Gasteiger partial charge < -0.3 is 15.3 Å². The van der Waals surface area contributed by atoms with Crippen LogP contribution in [0.4, 0.5) is 11.6 Å². The molecular weight excluding hydrogens is 288 g/mol. The SMILES string of the molecule is OCc1ccc(CCNc2cc(N3CCCCC3)ncn2)cc1. The van der Waals surface area contributed by atoms with Crippen LogP contribution in [0.5, 0.6) is 0 Å². The zero-order valence-corrected chi connectivity index (χ0v) is 13.4. The fraction of sp³-hybridized carbons (Fsp3) is 0.444. The molecule has 2 aromatic rings. The quantitative estimate of drug-likeness (QED) is 0.858. The van der Waals surface area contributed by atoms with Crippen molar-refractivity contribution in [2.45, 2.75) is 32.3 Å². The van der Waals surface area contributed by atoms with Crippen LogP contribution in [-0.2, 0) is 13.0 Å². The minimum atomic E-state index is 0.0960. The van der Waals surface area contributed by atoms with Crippen LogP contribution in [0.25, 0.3) is 0 Å². The fourth-order valence-corrected chi connectivity index (χ4v) is 2.89. The van der Waals surface area contributed by atoms with Gasteiger partial charge in [-0.25, -0.2) is 9.97 Å². The first-order chi connectivity index (χ1) is 11.3. The molecule has 1 aromatic carbocycles. The average Bonchev–Trinajstić information content (AvgIpc) is 2.63. The minimum absolute atomic E-state index is 0.0960. The van der Waals surface area contributed by atoms with Crippen molar-refractivity contribution in [1.29, 1.82) is 0 Å². The van der Waals surface area contributed by atoms with Crippen molar-refractivity contribution in [3.8, 4) is 0 Å². The highest BCUT2D eigenvalue weighted by molar-refractivity contribution is 5.48. The van der Waals surface area contributed by atoms with Crippen molar-refractivity contribution in [3.05, 3.63) is 47.8 Å². The number of aromatic nitrogens is 2. The molecule has 1 aromatic heterocycles. The average molecular weight is 312 g/mol. The van der Waals surface area contributed by atoms with Gasteiger partial charge in [-0.3, -0.25) is 0 Å². The first-order valence-electron chi connectivity index (χ1n) is 8.35. The second-order valence-electron chi connectivity index (χ2n) is 5.96. The normalized spacial score (nSPS) is 14.7. The van der Waals surface area contributed by atoms with Gasteiger partial charge in [0.15, 0.2) is 0 Å². The molecule has 0 amide bonds. The van der Waals surface area contributed by atoms with Gasteiger partial charge in [0.25, 0.3) is 0 Å². The van der Waals surface area contributed by atoms with Crippen LogP contribution in [0.1, 0.15) is 30.4 Å². The van der Waals surface area contributed by atoms with Gasteiger partial charge in [0.05, 0.1) is 6.61 Å². The number of anilines is 2. The number of nitrogens with zero attached hydrogens (tertiary/aromatic N) is 3. The van der Waals surface area contributed by atoms with Gasteiger partial charge in [-0.05, 0) is 36.8 Å². The van der Waals surface area contributed by atoms with Gasteiger partial charge in [0.1, 0.15) is 18.0 Å². The molecule has 5 nitrogen and oxygen atoms in total. The van der Waals surface area contributed by atoms with Crippen molar-refractivity contribution in [3.63, 3.8) is 0 Å². The largest absolute Gasteiger partial charge is 0.392 e. The first-order valence-corrected chi connectivity index (χ1v) is 8.35. The van der Waals surface area contributed by atoms with Crippen LogP contribution in [0, 0.1) is 0 Å². The monoisotopic (exact) mass is 312 g/mol. The molecule has 3 rings (SSSR count). The van der Waals surface area contributed by atoms with Crippen molar-refractivity contribution < 1.29 is 5.11 Å². The molecule has 0 unspecified atom stereocenters. The van der Waals surface area contributed by atoms with E-state index in [1.165, 1.54) is 24.8 Å². The van der Waals surface area contributed by atoms with E-state index in [1.54, 1.807) is 6.33 Å². The van der Waals surface area contributed by atoms with E-state index in [0.717, 1.165) is 43.3 Å². The Morgan fingerprint density at radius 3 is 2.48 bits per heavy atom. The Morgan fingerprint density at radius 2 is 1.74 bits per heavy atom. The summed E-state index contributed by atoms with van der Waals surface area (Å²) in [6.07, 6.45) is 6.38. The van der Waals surface area contributed by atoms with E-state index in [9.17, 15) is 0 Å². The standard InChI is InChI=1S/C18H24N4O/c23-13-16-6-4-15(5-7-16)8-9-19-17-12-18(21-14-20-17)22-10-2-1-3-11-22/h4-7,12,14,23H,1-3,8-11,13H2,(H,19,20,21). The molecule has 1 aliphatic rings. The van der Waals surface area contributed by atoms with E-state index in [4.69, 9.17) is 5.11 Å². The number of aliphatic hydroxyl groups is 1. The lowest BCUT2D eigenvalue weighted by atomic mass is 10.1. The zero-order chi connectivity index (χ0) is 15.9. The molecule has 0 bridgehead atoms. The molecule has 0 atom stereocenters. The van der Waals surface area contributed by atoms with E-state index >= 15 is 0 Å². The van der Waals surface area contributed by atoms with E-state index < -0.39 is 0 Å². The highest BCUT2D eigenvalue weighted by atomic mass is 16.3. The molecule has 5 heteroatoms. The lowest BCUT2D eigenvalue weighted by molar-refractivity contribution is 0.282. The highest BCUT2D eigenvalue weighted by Crippen LogP contribution is 2.19. The summed E-state index contributed by atoms with van der Waals surface area (Å²) in [7, 11) is 0. The Bertz CT molecular complexity index is 609. The van der Waals surface area contributed by atoms with Crippen LogP contribution in [-0.4, -0.2) is 34.7 Å². The summed E-state index contributed by atoms with van der Waals surface area (Å²) in [5.74, 6) is 1.90. The number of aliphatic hydroxyl groups excluding tert-OH is 1. The van der Waals surface area contributed by atoms with Crippen LogP contribution >= 0.6 is 0 Å². The molecule has 1 saturated heterocycles.